The molecule has 792 valence electrons. The second kappa shape index (κ2) is 60.5. The van der Waals surface area contributed by atoms with Crippen molar-refractivity contribution in [2.75, 3.05) is 147 Å². The van der Waals surface area contributed by atoms with Crippen molar-refractivity contribution in [1.29, 1.82) is 0 Å². The highest BCUT2D eigenvalue weighted by molar-refractivity contribution is 5.52. The van der Waals surface area contributed by atoms with E-state index in [0.717, 1.165) is 157 Å². The van der Waals surface area contributed by atoms with Gasteiger partial charge in [0, 0.05) is 137 Å². The number of aromatic nitrogens is 7. The van der Waals surface area contributed by atoms with Gasteiger partial charge in [-0.2, -0.15) is 0 Å². The normalized spacial score (nSPS) is 22.2. The number of hydrogen-bond donors (Lipinski definition) is 4. The van der Waals surface area contributed by atoms with E-state index in [1.54, 1.807) is 54.6 Å². The van der Waals surface area contributed by atoms with Crippen molar-refractivity contribution in [2.45, 2.75) is 374 Å². The first-order chi connectivity index (χ1) is 62.6. The summed E-state index contributed by atoms with van der Waals surface area (Å²) in [5.41, 5.74) is 13.4. The smallest absolute Gasteiger partial charge is 0.268 e. The van der Waals surface area contributed by atoms with Crippen LogP contribution in [0.1, 0.15) is 355 Å². The number of hydrogen-bond acceptors (Lipinski definition) is 21. The van der Waals surface area contributed by atoms with Crippen molar-refractivity contribution in [3.63, 3.8) is 0 Å². The summed E-state index contributed by atoms with van der Waals surface area (Å²) in [4.78, 5) is 45.4. The fraction of sp³-hybridized carbons (Fsp3) is 0.688. The molecule has 139 heavy (non-hydrogen) atoms. The molecule has 4 N–H and O–H groups in total. The van der Waals surface area contributed by atoms with Gasteiger partial charge in [-0.15, -0.1) is 0 Å². The largest absolute Gasteiger partial charge is 0.394 e. The van der Waals surface area contributed by atoms with Crippen molar-refractivity contribution in [1.82, 2.24) is 34.9 Å². The summed E-state index contributed by atoms with van der Waals surface area (Å²) < 4.78 is 100. The van der Waals surface area contributed by atoms with E-state index >= 15 is 0 Å². The van der Waals surface area contributed by atoms with E-state index in [1.807, 2.05) is 88.9 Å². The Balaban J connectivity index is 0.000000804. The SMILES string of the molecule is C.C.C.C.C.C.C.CC(C)c1ccc(N2C[C@](C)(O)CC[C@H]2C)cn1.CCC1CCN(c2ccc(C(C)C)nc2)CC1(F)F.CC[C@@H]1CCN(c2ccc(C(C)C)nc2)CC1(F)F.CC[C@H]1CCN(c2ccc(C(C)C)nc2)CC1(F)F.COC1(CO)CCN(c2ccc(C(C)C)nc2)CC1.COC1CCC(CO)N(c2ccc(C(C)C)nc2)C1.CO[C@H]1CC[C@H](CO)N(c2ccc(C(C)C)nc2)C1. The maximum Gasteiger partial charge on any atom is 0.268 e. The van der Waals surface area contributed by atoms with Gasteiger partial charge in [0.1, 0.15) is 0 Å². The summed E-state index contributed by atoms with van der Waals surface area (Å²) in [5.74, 6) is -6.33. The number of rotatable bonds is 23. The fourth-order valence-electron chi connectivity index (χ4n) is 18.2. The molecule has 0 spiro atoms. The Morgan fingerprint density at radius 1 is 0.338 bits per heavy atom. The zero-order valence-corrected chi connectivity index (χ0v) is 83.6. The Morgan fingerprint density at radius 2 is 0.590 bits per heavy atom. The third-order valence-corrected chi connectivity index (χ3v) is 27.7. The Labute approximate surface area is 838 Å². The van der Waals surface area contributed by atoms with Gasteiger partial charge in [0.05, 0.1) is 158 Å². The molecule has 0 saturated carbocycles. The van der Waals surface area contributed by atoms with Gasteiger partial charge in [-0.05, 0) is 230 Å². The number of methoxy groups -OCH3 is 3. The molecule has 7 aliphatic heterocycles. The van der Waals surface area contributed by atoms with E-state index in [4.69, 9.17) is 14.2 Å². The molecule has 0 aromatic carbocycles. The molecule has 27 heteroatoms. The Kier molecular flexibility index (Phi) is 56.2. The van der Waals surface area contributed by atoms with E-state index in [2.05, 4.69) is 207 Å². The first kappa shape index (κ1) is 129. The molecule has 0 aliphatic carbocycles. The fourth-order valence-corrected chi connectivity index (χ4v) is 18.2. The van der Waals surface area contributed by atoms with Crippen LogP contribution in [0.3, 0.4) is 0 Å². The summed E-state index contributed by atoms with van der Waals surface area (Å²) in [6.45, 7) is 45.4. The molecule has 0 radical (unpaired) electrons. The first-order valence-corrected chi connectivity index (χ1v) is 48.9. The monoisotopic (exact) mass is 1960 g/mol. The molecular weight excluding hydrogens is 1770 g/mol. The van der Waals surface area contributed by atoms with Crippen LogP contribution < -0.4 is 34.3 Å². The van der Waals surface area contributed by atoms with Gasteiger partial charge in [-0.25, -0.2) is 26.3 Å². The first-order valence-electron chi connectivity index (χ1n) is 48.9. The molecular formula is C112H190F6N14O7. The lowest BCUT2D eigenvalue weighted by Crippen LogP contribution is -2.50. The predicted octanol–water partition coefficient (Wildman–Crippen LogP) is 26.2. The van der Waals surface area contributed by atoms with Gasteiger partial charge in [-0.1, -0.05) is 170 Å². The van der Waals surface area contributed by atoms with Crippen LogP contribution in [0.5, 0.6) is 0 Å². The number of halogens is 6. The van der Waals surface area contributed by atoms with Crippen LogP contribution in [-0.2, 0) is 14.2 Å². The molecule has 7 saturated heterocycles. The minimum atomic E-state index is -2.59. The van der Waals surface area contributed by atoms with Crippen molar-refractivity contribution in [3.05, 3.63) is 168 Å². The molecule has 7 fully saturated rings. The third kappa shape index (κ3) is 37.3. The van der Waals surface area contributed by atoms with Crippen LogP contribution in [0.25, 0.3) is 0 Å². The number of pyridine rings is 7. The van der Waals surface area contributed by atoms with E-state index in [9.17, 15) is 46.8 Å². The molecule has 21 nitrogen and oxygen atoms in total. The van der Waals surface area contributed by atoms with Crippen molar-refractivity contribution < 1.29 is 61.0 Å². The van der Waals surface area contributed by atoms with Gasteiger partial charge in [0.15, 0.2) is 0 Å². The van der Waals surface area contributed by atoms with E-state index in [-0.39, 0.29) is 121 Å². The average Bonchev–Trinajstić information content (AvgIpc) is 0.792. The number of nitrogens with zero attached hydrogens (tertiary/aromatic N) is 14. The van der Waals surface area contributed by atoms with Crippen LogP contribution in [0.2, 0.25) is 0 Å². The molecule has 9 atom stereocenters. The Bertz CT molecular complexity index is 4130. The van der Waals surface area contributed by atoms with E-state index in [1.165, 1.54) is 0 Å². The van der Waals surface area contributed by atoms with E-state index < -0.39 is 41.1 Å². The lowest BCUT2D eigenvalue weighted by Gasteiger charge is -2.42. The van der Waals surface area contributed by atoms with E-state index in [0.29, 0.717) is 112 Å². The quantitative estimate of drug-likeness (QED) is 0.0437. The summed E-state index contributed by atoms with van der Waals surface area (Å²) in [6.07, 6.45) is 24.2. The van der Waals surface area contributed by atoms with Crippen molar-refractivity contribution in [3.8, 4) is 0 Å². The maximum atomic E-state index is 14.0. The zero-order valence-electron chi connectivity index (χ0n) is 83.6. The molecule has 14 rings (SSSR count). The van der Waals surface area contributed by atoms with Crippen molar-refractivity contribution in [2.24, 2.45) is 17.8 Å². The highest BCUT2D eigenvalue weighted by Gasteiger charge is 2.47. The topological polar surface area (TPSA) is 222 Å². The molecule has 3 unspecified atom stereocenters. The Hall–Kier alpha value is -8.05. The van der Waals surface area contributed by atoms with Gasteiger partial charge in [0.2, 0.25) is 0 Å². The highest BCUT2D eigenvalue weighted by Crippen LogP contribution is 2.42. The summed E-state index contributed by atoms with van der Waals surface area (Å²) in [5, 5.41) is 38.7. The summed E-state index contributed by atoms with van der Waals surface area (Å²) >= 11 is 0. The number of β-amino-alcohol motifs (C(OH)–C–C–N with tert-alkyl or cyclic N) is 1. The number of aliphatic hydroxyl groups excluding tert-OH is 3. The Morgan fingerprint density at radius 3 is 0.799 bits per heavy atom. The highest BCUT2D eigenvalue weighted by atomic mass is 19.3. The van der Waals surface area contributed by atoms with Crippen LogP contribution in [0.4, 0.5) is 66.2 Å². The molecule has 7 aromatic rings. The van der Waals surface area contributed by atoms with Crippen LogP contribution in [0.15, 0.2) is 128 Å². The lowest BCUT2D eigenvalue weighted by molar-refractivity contribution is -0.0673. The lowest BCUT2D eigenvalue weighted by atomic mass is 9.90. The minimum Gasteiger partial charge on any atom is -0.394 e. The number of alkyl halides is 6. The minimum absolute atomic E-state index is 0. The summed E-state index contributed by atoms with van der Waals surface area (Å²) in [6, 6.07) is 29.2. The summed E-state index contributed by atoms with van der Waals surface area (Å²) in [7, 11) is 5.19. The van der Waals surface area contributed by atoms with Crippen molar-refractivity contribution >= 4 is 39.8 Å². The third-order valence-electron chi connectivity index (χ3n) is 27.7. The van der Waals surface area contributed by atoms with Gasteiger partial charge in [-0.3, -0.25) is 34.9 Å². The maximum absolute atomic E-state index is 14.0. The molecule has 7 aliphatic rings. The number of piperidine rings is 7. The molecule has 14 heterocycles. The number of anilines is 7. The molecule has 0 amide bonds. The second-order valence-electron chi connectivity index (χ2n) is 39.8. The van der Waals surface area contributed by atoms with Gasteiger partial charge >= 0.3 is 0 Å². The predicted molar refractivity (Wildman–Crippen MR) is 574 cm³/mol. The van der Waals surface area contributed by atoms with Gasteiger partial charge < -0.3 is 68.9 Å². The van der Waals surface area contributed by atoms with Crippen LogP contribution >= 0.6 is 0 Å². The standard InChI is InChI=1S/3C15H22F2N2.3C15H24N2O2.C15H24N2O.7CH4/c3*1-4-12-7-8-19(10-15(12,16)17)13-5-6-14(11(2)3)18-9-13;2*1-11(2)15-7-5-12(8-16-15)17-9-14(19-3)6-4-13(17)10-18;1-12(2)14-5-4-13(10-16-14)17-8-6-15(11-18,19-3)7-9-17;1-11(2)14-6-5-13(9-16-14)17-10-15(4,18)8-7-12(17)3;;;;;;;/h3*5-6,9,11-12H,4,7-8,10H2,1-3H3;2*5,7-8,11,13-14,18H,4,6,9-10H2,1-3H3;4-5,10,12,18H,6-9,11H2,1-3H3;5-6,9,11-12,18H,7-8,10H2,1-4H3;7*1H4/t2*12-;;13-,14+;;;12-,15-;;;;;;;/m10.1..1......./s1. The average molecular weight is 1960 g/mol. The van der Waals surface area contributed by atoms with Crippen LogP contribution in [0, 0.1) is 17.8 Å². The zero-order chi connectivity index (χ0) is 97.0. The molecule has 7 aromatic heterocycles. The number of aliphatic hydroxyl groups is 4. The molecule has 0 bridgehead atoms. The number of ether oxygens (including phenoxy) is 3. The van der Waals surface area contributed by atoms with Gasteiger partial charge in [0.25, 0.3) is 17.8 Å². The second-order valence-corrected chi connectivity index (χ2v) is 39.8. The van der Waals surface area contributed by atoms with Crippen LogP contribution in [-0.4, -0.2) is 228 Å².